The normalized spacial score (nSPS) is 11.0. The number of hydrogen-bond acceptors (Lipinski definition) is 7. The van der Waals surface area contributed by atoms with E-state index in [1.54, 1.807) is 51.8 Å². The lowest BCUT2D eigenvalue weighted by Crippen LogP contribution is -2.18. The molecule has 4 rings (SSSR count). The topological polar surface area (TPSA) is 82.0 Å². The first-order valence-electron chi connectivity index (χ1n) is 9.83. The third kappa shape index (κ3) is 4.76. The minimum atomic E-state index is -0.360. The van der Waals surface area contributed by atoms with E-state index in [-0.39, 0.29) is 5.91 Å². The number of thiophene rings is 1. The Balaban J connectivity index is 1.76. The van der Waals surface area contributed by atoms with Gasteiger partial charge in [-0.25, -0.2) is 10.4 Å². The van der Waals surface area contributed by atoms with E-state index in [1.165, 1.54) is 11.3 Å². The standard InChI is InChI=1S/C24H20ClN3O4S/c1-30-20-10-14(11-21(31-2)23(20)32-3)19-12-17(16-6-4-5-7-18(16)27-19)24(29)28-26-13-15-8-9-22(25)33-15/h4-13H,1-3H3,(H,28,29)/b26-13+. The maximum absolute atomic E-state index is 13.0. The highest BCUT2D eigenvalue weighted by atomic mass is 35.5. The minimum absolute atomic E-state index is 0.360. The molecule has 0 saturated heterocycles. The van der Waals surface area contributed by atoms with E-state index in [0.717, 1.165) is 4.88 Å². The van der Waals surface area contributed by atoms with Crippen LogP contribution in [0.1, 0.15) is 15.2 Å². The molecule has 0 radical (unpaired) electrons. The van der Waals surface area contributed by atoms with Gasteiger partial charge in [-0.3, -0.25) is 4.79 Å². The highest BCUT2D eigenvalue weighted by Crippen LogP contribution is 2.41. The lowest BCUT2D eigenvalue weighted by molar-refractivity contribution is 0.0956. The summed E-state index contributed by atoms with van der Waals surface area (Å²) < 4.78 is 17.0. The molecule has 4 aromatic rings. The first-order valence-corrected chi connectivity index (χ1v) is 11.0. The number of hydrogen-bond donors (Lipinski definition) is 1. The van der Waals surface area contributed by atoms with Crippen LogP contribution in [0.5, 0.6) is 17.2 Å². The van der Waals surface area contributed by atoms with Gasteiger partial charge in [0.05, 0.1) is 48.7 Å². The zero-order valence-electron chi connectivity index (χ0n) is 18.1. The van der Waals surface area contributed by atoms with Crippen LogP contribution in [0.2, 0.25) is 4.34 Å². The van der Waals surface area contributed by atoms with E-state index < -0.39 is 0 Å². The van der Waals surface area contributed by atoms with Gasteiger partial charge in [0.15, 0.2) is 11.5 Å². The molecule has 0 aliphatic heterocycles. The lowest BCUT2D eigenvalue weighted by atomic mass is 10.0. The maximum atomic E-state index is 13.0. The summed E-state index contributed by atoms with van der Waals surface area (Å²) in [4.78, 5) is 18.6. The number of carbonyl (C=O) groups is 1. The number of ether oxygens (including phenoxy) is 3. The van der Waals surface area contributed by atoms with Crippen molar-refractivity contribution in [3.63, 3.8) is 0 Å². The average Bonchev–Trinajstić information content (AvgIpc) is 3.26. The van der Waals surface area contributed by atoms with Gasteiger partial charge < -0.3 is 14.2 Å². The molecular formula is C24H20ClN3O4S. The summed E-state index contributed by atoms with van der Waals surface area (Å²) >= 11 is 7.31. The molecule has 7 nitrogen and oxygen atoms in total. The van der Waals surface area contributed by atoms with E-state index in [2.05, 4.69) is 10.5 Å². The lowest BCUT2D eigenvalue weighted by Gasteiger charge is -2.15. The molecule has 9 heteroatoms. The second-order valence-corrected chi connectivity index (χ2v) is 8.57. The number of rotatable bonds is 7. The molecule has 0 unspecified atom stereocenters. The van der Waals surface area contributed by atoms with Crippen molar-refractivity contribution in [2.45, 2.75) is 0 Å². The predicted molar refractivity (Wildman–Crippen MR) is 131 cm³/mol. The fraction of sp³-hybridized carbons (Fsp3) is 0.125. The number of amides is 1. The predicted octanol–water partition coefficient (Wildman–Crippen LogP) is 5.41. The van der Waals surface area contributed by atoms with E-state index in [4.69, 9.17) is 30.8 Å². The van der Waals surface area contributed by atoms with Crippen LogP contribution in [0.25, 0.3) is 22.2 Å². The molecule has 1 N–H and O–H groups in total. The molecule has 2 heterocycles. The Labute approximate surface area is 199 Å². The summed E-state index contributed by atoms with van der Waals surface area (Å²) in [5, 5.41) is 4.78. The Morgan fingerprint density at radius 2 is 1.76 bits per heavy atom. The molecule has 0 aliphatic rings. The maximum Gasteiger partial charge on any atom is 0.272 e. The van der Waals surface area contributed by atoms with Crippen LogP contribution in [-0.2, 0) is 0 Å². The van der Waals surface area contributed by atoms with Gasteiger partial charge in [-0.1, -0.05) is 29.8 Å². The van der Waals surface area contributed by atoms with Gasteiger partial charge >= 0.3 is 0 Å². The van der Waals surface area contributed by atoms with Crippen LogP contribution in [0, 0.1) is 0 Å². The summed E-state index contributed by atoms with van der Waals surface area (Å²) in [6, 6.07) is 16.3. The summed E-state index contributed by atoms with van der Waals surface area (Å²) in [5.74, 6) is 1.10. The molecule has 1 amide bonds. The molecule has 0 atom stereocenters. The Bertz CT molecular complexity index is 1330. The van der Waals surface area contributed by atoms with Crippen LogP contribution >= 0.6 is 22.9 Å². The van der Waals surface area contributed by atoms with E-state index in [0.29, 0.717) is 49.3 Å². The number of carbonyl (C=O) groups excluding carboxylic acids is 1. The summed E-state index contributed by atoms with van der Waals surface area (Å²) in [5.41, 5.74) is 4.98. The fourth-order valence-electron chi connectivity index (χ4n) is 3.35. The number of hydrazone groups is 1. The minimum Gasteiger partial charge on any atom is -0.493 e. The van der Waals surface area contributed by atoms with Crippen molar-refractivity contribution >= 4 is 46.0 Å². The quantitative estimate of drug-likeness (QED) is 0.282. The summed E-state index contributed by atoms with van der Waals surface area (Å²) in [6.45, 7) is 0. The summed E-state index contributed by atoms with van der Waals surface area (Å²) in [7, 11) is 4.64. The van der Waals surface area contributed by atoms with Crippen LogP contribution < -0.4 is 19.6 Å². The van der Waals surface area contributed by atoms with Crippen molar-refractivity contribution in [3.8, 4) is 28.5 Å². The summed E-state index contributed by atoms with van der Waals surface area (Å²) in [6.07, 6.45) is 1.55. The van der Waals surface area contributed by atoms with Crippen molar-refractivity contribution in [1.82, 2.24) is 10.4 Å². The first-order chi connectivity index (χ1) is 16.0. The third-order valence-corrected chi connectivity index (χ3v) is 6.04. The molecule has 0 saturated carbocycles. The third-order valence-electron chi connectivity index (χ3n) is 4.87. The number of aromatic nitrogens is 1. The molecular weight excluding hydrogens is 462 g/mol. The average molecular weight is 482 g/mol. The van der Waals surface area contributed by atoms with Crippen molar-refractivity contribution in [2.75, 3.05) is 21.3 Å². The van der Waals surface area contributed by atoms with Gasteiger partial charge in [-0.2, -0.15) is 5.10 Å². The smallest absolute Gasteiger partial charge is 0.272 e. The van der Waals surface area contributed by atoms with Crippen molar-refractivity contribution in [1.29, 1.82) is 0 Å². The number of nitrogens with one attached hydrogen (secondary N) is 1. The Morgan fingerprint density at radius 3 is 2.39 bits per heavy atom. The molecule has 168 valence electrons. The second-order valence-electron chi connectivity index (χ2n) is 6.83. The van der Waals surface area contributed by atoms with Crippen molar-refractivity contribution in [2.24, 2.45) is 5.10 Å². The van der Waals surface area contributed by atoms with Crippen LogP contribution in [-0.4, -0.2) is 38.4 Å². The zero-order chi connectivity index (χ0) is 23.4. The molecule has 0 bridgehead atoms. The molecule has 0 spiro atoms. The van der Waals surface area contributed by atoms with Gasteiger partial charge in [-0.05, 0) is 36.4 Å². The largest absolute Gasteiger partial charge is 0.493 e. The molecule has 2 aromatic carbocycles. The van der Waals surface area contributed by atoms with Crippen molar-refractivity contribution in [3.05, 3.63) is 69.4 Å². The van der Waals surface area contributed by atoms with Crippen LogP contribution in [0.4, 0.5) is 0 Å². The Hall–Kier alpha value is -3.62. The van der Waals surface area contributed by atoms with Crippen LogP contribution in [0.3, 0.4) is 0 Å². The van der Waals surface area contributed by atoms with Gasteiger partial charge in [0.1, 0.15) is 0 Å². The zero-order valence-corrected chi connectivity index (χ0v) is 19.7. The van der Waals surface area contributed by atoms with Crippen LogP contribution in [0.15, 0.2) is 59.7 Å². The highest BCUT2D eigenvalue weighted by Gasteiger charge is 2.18. The van der Waals surface area contributed by atoms with Gasteiger partial charge in [0, 0.05) is 15.8 Å². The van der Waals surface area contributed by atoms with Gasteiger partial charge in [-0.15, -0.1) is 11.3 Å². The fourth-order valence-corrected chi connectivity index (χ4v) is 4.29. The monoisotopic (exact) mass is 481 g/mol. The van der Waals surface area contributed by atoms with Gasteiger partial charge in [0.25, 0.3) is 5.91 Å². The first kappa shape index (κ1) is 22.6. The van der Waals surface area contributed by atoms with Gasteiger partial charge in [0.2, 0.25) is 5.75 Å². The number of methoxy groups -OCH3 is 3. The van der Waals surface area contributed by atoms with E-state index in [1.807, 2.05) is 30.3 Å². The molecule has 0 aliphatic carbocycles. The second kappa shape index (κ2) is 9.89. The van der Waals surface area contributed by atoms with E-state index >= 15 is 0 Å². The molecule has 2 aromatic heterocycles. The molecule has 0 fully saturated rings. The highest BCUT2D eigenvalue weighted by molar-refractivity contribution is 7.17. The Kier molecular flexibility index (Phi) is 6.76. The number of halogens is 1. The van der Waals surface area contributed by atoms with E-state index in [9.17, 15) is 4.79 Å². The Morgan fingerprint density at radius 1 is 1.03 bits per heavy atom. The number of nitrogens with zero attached hydrogens (tertiary/aromatic N) is 2. The SMILES string of the molecule is COc1cc(-c2cc(C(=O)N/N=C/c3ccc(Cl)s3)c3ccccc3n2)cc(OC)c1OC. The molecule has 33 heavy (non-hydrogen) atoms. The number of para-hydroxylation sites is 1. The number of pyridine rings is 1. The number of benzene rings is 2. The number of fused-ring (bicyclic) bond motifs is 1. The van der Waals surface area contributed by atoms with Crippen molar-refractivity contribution < 1.29 is 19.0 Å².